The lowest BCUT2D eigenvalue weighted by atomic mass is 9.89. The van der Waals surface area contributed by atoms with Gasteiger partial charge in [-0.1, -0.05) is 31.4 Å². The van der Waals surface area contributed by atoms with Crippen molar-refractivity contribution in [2.24, 2.45) is 5.73 Å². The Hall–Kier alpha value is -1.96. The molecule has 5 N–H and O–H groups in total. The number of nitrogens with one attached hydrogen (secondary N) is 2. The lowest BCUT2D eigenvalue weighted by Gasteiger charge is -2.33. The van der Waals surface area contributed by atoms with Crippen molar-refractivity contribution in [3.63, 3.8) is 0 Å². The highest BCUT2D eigenvalue weighted by atomic mass is 16.3. The fourth-order valence-corrected chi connectivity index (χ4v) is 4.60. The molecule has 2 amide bonds. The van der Waals surface area contributed by atoms with Crippen LogP contribution in [0.3, 0.4) is 0 Å². The molecule has 0 aliphatic carbocycles. The van der Waals surface area contributed by atoms with Gasteiger partial charge < -0.3 is 21.1 Å². The highest BCUT2D eigenvalue weighted by Gasteiger charge is 2.26. The largest absolute Gasteiger partial charge is 0.392 e. The van der Waals surface area contributed by atoms with Gasteiger partial charge in [-0.25, -0.2) is 0 Å². The number of hydrogen-bond acceptors (Lipinski definition) is 6. The Morgan fingerprint density at radius 2 is 1.77 bits per heavy atom. The Morgan fingerprint density at radius 3 is 2.45 bits per heavy atom. The minimum absolute atomic E-state index is 0.195. The number of carbonyl (C=O) groups excluding carboxylic acids is 2. The maximum Gasteiger partial charge on any atom is 0.249 e. The molecule has 0 spiro atoms. The van der Waals surface area contributed by atoms with E-state index in [9.17, 15) is 14.7 Å². The van der Waals surface area contributed by atoms with E-state index in [1.165, 1.54) is 5.56 Å². The normalized spacial score (nSPS) is 21.7. The van der Waals surface area contributed by atoms with Gasteiger partial charge in [0.25, 0.3) is 0 Å². The fourth-order valence-electron chi connectivity index (χ4n) is 4.60. The van der Waals surface area contributed by atoms with Crippen LogP contribution in [0.1, 0.15) is 69.3 Å². The third-order valence-electron chi connectivity index (χ3n) is 6.51. The first-order valence-corrected chi connectivity index (χ1v) is 11.9. The van der Waals surface area contributed by atoms with Gasteiger partial charge in [0.1, 0.15) is 6.04 Å². The van der Waals surface area contributed by atoms with Crippen LogP contribution < -0.4 is 16.4 Å². The number of amides is 2. The fraction of sp³-hybridized carbons (Fsp3) is 0.667. The highest BCUT2D eigenvalue weighted by molar-refractivity contribution is 6.01. The molecule has 2 aliphatic rings. The molecule has 2 heterocycles. The summed E-state index contributed by atoms with van der Waals surface area (Å²) in [4.78, 5) is 25.6. The van der Waals surface area contributed by atoms with Crippen LogP contribution in [0.15, 0.2) is 24.3 Å². The molecule has 1 aromatic rings. The second-order valence-corrected chi connectivity index (χ2v) is 8.99. The molecule has 2 fully saturated rings. The highest BCUT2D eigenvalue weighted by Crippen LogP contribution is 2.29. The van der Waals surface area contributed by atoms with Gasteiger partial charge in [0.15, 0.2) is 0 Å². The Balaban J connectivity index is 1.37. The van der Waals surface area contributed by atoms with E-state index >= 15 is 0 Å². The minimum atomic E-state index is -0.348. The van der Waals surface area contributed by atoms with Crippen LogP contribution in [-0.4, -0.2) is 60.1 Å². The van der Waals surface area contributed by atoms with Crippen molar-refractivity contribution >= 4 is 17.5 Å². The first-order valence-electron chi connectivity index (χ1n) is 11.9. The number of nitrogens with two attached hydrogens (primary N) is 1. The SMILES string of the molecule is NCCCCCCC(O)CN1CCC(c2ccc(NC3CCC(=O)NC3=O)cc2)CC1. The monoisotopic (exact) mass is 430 g/mol. The van der Waals surface area contributed by atoms with E-state index in [0.29, 0.717) is 18.8 Å². The molecule has 2 aliphatic heterocycles. The van der Waals surface area contributed by atoms with Crippen LogP contribution in [0, 0.1) is 0 Å². The van der Waals surface area contributed by atoms with E-state index in [1.54, 1.807) is 0 Å². The Kier molecular flexibility index (Phi) is 9.31. The lowest BCUT2D eigenvalue weighted by Crippen LogP contribution is -2.47. The lowest BCUT2D eigenvalue weighted by molar-refractivity contribution is -0.133. The van der Waals surface area contributed by atoms with Crippen LogP contribution in [0.4, 0.5) is 5.69 Å². The number of likely N-dealkylation sites (tertiary alicyclic amines) is 1. The quantitative estimate of drug-likeness (QED) is 0.317. The molecular weight excluding hydrogens is 392 g/mol. The van der Waals surface area contributed by atoms with Crippen molar-refractivity contribution < 1.29 is 14.7 Å². The summed E-state index contributed by atoms with van der Waals surface area (Å²) in [5.74, 6) is 0.0968. The van der Waals surface area contributed by atoms with Crippen LogP contribution in [0.2, 0.25) is 0 Å². The maximum atomic E-state index is 11.9. The molecule has 2 saturated heterocycles. The molecule has 7 heteroatoms. The number of carbonyl (C=O) groups is 2. The molecule has 31 heavy (non-hydrogen) atoms. The summed E-state index contributed by atoms with van der Waals surface area (Å²) >= 11 is 0. The molecule has 2 unspecified atom stereocenters. The smallest absolute Gasteiger partial charge is 0.249 e. The van der Waals surface area contributed by atoms with Crippen molar-refractivity contribution in [3.05, 3.63) is 29.8 Å². The second-order valence-electron chi connectivity index (χ2n) is 8.99. The summed E-state index contributed by atoms with van der Waals surface area (Å²) < 4.78 is 0. The Labute approximate surface area is 185 Å². The number of unbranched alkanes of at least 4 members (excludes halogenated alkanes) is 3. The Bertz CT molecular complexity index is 701. The van der Waals surface area contributed by atoms with Crippen LogP contribution in [0.25, 0.3) is 0 Å². The van der Waals surface area contributed by atoms with Crippen LogP contribution >= 0.6 is 0 Å². The van der Waals surface area contributed by atoms with Gasteiger partial charge in [-0.15, -0.1) is 0 Å². The Morgan fingerprint density at radius 1 is 1.06 bits per heavy atom. The average molecular weight is 431 g/mol. The maximum absolute atomic E-state index is 11.9. The average Bonchev–Trinajstić information content (AvgIpc) is 2.77. The number of aliphatic hydroxyl groups excluding tert-OH is 1. The number of benzene rings is 1. The summed E-state index contributed by atoms with van der Waals surface area (Å²) in [5, 5.41) is 15.9. The summed E-state index contributed by atoms with van der Waals surface area (Å²) in [6, 6.07) is 7.99. The first kappa shape index (κ1) is 23.7. The molecule has 2 atom stereocenters. The van der Waals surface area contributed by atoms with Crippen molar-refractivity contribution in [3.8, 4) is 0 Å². The third kappa shape index (κ3) is 7.59. The van der Waals surface area contributed by atoms with Crippen LogP contribution in [-0.2, 0) is 9.59 Å². The van der Waals surface area contributed by atoms with E-state index in [0.717, 1.165) is 76.8 Å². The molecule has 0 aromatic heterocycles. The molecule has 0 bridgehead atoms. The summed E-state index contributed by atoms with van der Waals surface area (Å²) in [6.45, 7) is 3.57. The zero-order chi connectivity index (χ0) is 22.1. The number of anilines is 1. The van der Waals surface area contributed by atoms with Gasteiger partial charge in [-0.05, 0) is 75.4 Å². The number of rotatable bonds is 11. The van der Waals surface area contributed by atoms with Gasteiger partial charge in [0, 0.05) is 18.7 Å². The number of nitrogens with zero attached hydrogens (tertiary/aromatic N) is 1. The van der Waals surface area contributed by atoms with Crippen molar-refractivity contribution in [2.75, 3.05) is 31.5 Å². The molecule has 1 aromatic carbocycles. The topological polar surface area (TPSA) is 108 Å². The molecule has 7 nitrogen and oxygen atoms in total. The number of β-amino-alcohol motifs (C(OH)–C–C–N with tert-alkyl or cyclic N) is 1. The predicted molar refractivity (Wildman–Crippen MR) is 123 cm³/mol. The van der Waals surface area contributed by atoms with Crippen molar-refractivity contribution in [1.29, 1.82) is 0 Å². The van der Waals surface area contributed by atoms with Crippen molar-refractivity contribution in [2.45, 2.75) is 75.9 Å². The van der Waals surface area contributed by atoms with Gasteiger partial charge in [-0.3, -0.25) is 14.9 Å². The number of piperidine rings is 2. The molecule has 172 valence electrons. The second kappa shape index (κ2) is 12.2. The van der Waals surface area contributed by atoms with E-state index in [4.69, 9.17) is 5.73 Å². The number of imide groups is 1. The van der Waals surface area contributed by atoms with Gasteiger partial charge in [0.2, 0.25) is 11.8 Å². The minimum Gasteiger partial charge on any atom is -0.392 e. The zero-order valence-corrected chi connectivity index (χ0v) is 18.5. The molecule has 3 rings (SSSR count). The molecule has 0 radical (unpaired) electrons. The first-order chi connectivity index (χ1) is 15.0. The third-order valence-corrected chi connectivity index (χ3v) is 6.51. The van der Waals surface area contributed by atoms with Crippen molar-refractivity contribution in [1.82, 2.24) is 10.2 Å². The van der Waals surface area contributed by atoms with E-state index in [1.807, 2.05) is 12.1 Å². The number of hydrogen-bond donors (Lipinski definition) is 4. The molecule has 0 saturated carbocycles. The summed E-state index contributed by atoms with van der Waals surface area (Å²) in [7, 11) is 0. The zero-order valence-electron chi connectivity index (χ0n) is 18.5. The summed E-state index contributed by atoms with van der Waals surface area (Å²) in [5.41, 5.74) is 7.75. The van der Waals surface area contributed by atoms with Gasteiger partial charge in [0.05, 0.1) is 6.10 Å². The van der Waals surface area contributed by atoms with E-state index in [-0.39, 0.29) is 24.0 Å². The van der Waals surface area contributed by atoms with E-state index in [2.05, 4.69) is 27.7 Å². The van der Waals surface area contributed by atoms with Gasteiger partial charge in [-0.2, -0.15) is 0 Å². The number of aliphatic hydroxyl groups is 1. The summed E-state index contributed by atoms with van der Waals surface area (Å²) in [6.07, 6.45) is 8.24. The standard InChI is InChI=1S/C24H38N4O3/c25-14-4-2-1-3-5-21(29)17-28-15-12-19(13-16-28)18-6-8-20(9-7-18)26-22-10-11-23(30)27-24(22)31/h6-9,19,21-22,26,29H,1-5,10-17,25H2,(H,27,30,31). The predicted octanol–water partition coefficient (Wildman–Crippen LogP) is 2.35. The van der Waals surface area contributed by atoms with E-state index < -0.39 is 0 Å². The van der Waals surface area contributed by atoms with Crippen LogP contribution in [0.5, 0.6) is 0 Å². The molecular formula is C24H38N4O3. The van der Waals surface area contributed by atoms with Gasteiger partial charge >= 0.3 is 0 Å².